The summed E-state index contributed by atoms with van der Waals surface area (Å²) in [5.74, 6) is 0. The highest BCUT2D eigenvalue weighted by Gasteiger charge is 2.13. The molecule has 0 unspecified atom stereocenters. The lowest BCUT2D eigenvalue weighted by Gasteiger charge is -2.13. The molecule has 0 saturated heterocycles. The van der Waals surface area contributed by atoms with Gasteiger partial charge in [0.25, 0.3) is 0 Å². The van der Waals surface area contributed by atoms with Crippen molar-refractivity contribution >= 4 is 42.1 Å². The number of hydrogen-bond acceptors (Lipinski definition) is 1. The predicted molar refractivity (Wildman–Crippen MR) is 83.9 cm³/mol. The van der Waals surface area contributed by atoms with Crippen molar-refractivity contribution in [3.63, 3.8) is 0 Å². The smallest absolute Gasteiger partial charge is 0.0671 e. The molecule has 1 nitrogen and oxygen atoms in total. The lowest BCUT2D eigenvalue weighted by atomic mass is 10.1. The van der Waals surface area contributed by atoms with E-state index in [1.807, 2.05) is 6.92 Å². The maximum atomic E-state index is 5.45. The summed E-state index contributed by atoms with van der Waals surface area (Å²) in [6, 6.07) is 0. The Kier molecular flexibility index (Phi) is 10.4. The van der Waals surface area contributed by atoms with Crippen molar-refractivity contribution in [2.45, 2.75) is 48.3 Å². The van der Waals surface area contributed by atoms with E-state index in [1.165, 1.54) is 38.5 Å². The SMILES string of the molecule is C=C(C)COCCCCCCCC([SiH3])(Br)Br. The van der Waals surface area contributed by atoms with Gasteiger partial charge in [0, 0.05) is 16.8 Å². The fraction of sp³-hybridized carbons (Fsp3) is 0.833. The number of rotatable bonds is 10. The third-order valence-electron chi connectivity index (χ3n) is 2.25. The molecule has 0 aromatic rings. The van der Waals surface area contributed by atoms with E-state index < -0.39 is 0 Å². The van der Waals surface area contributed by atoms with Crippen LogP contribution >= 0.6 is 31.9 Å². The molecule has 4 heteroatoms. The fourth-order valence-corrected chi connectivity index (χ4v) is 2.33. The van der Waals surface area contributed by atoms with Crippen LogP contribution in [0.5, 0.6) is 0 Å². The minimum atomic E-state index is 0.268. The molecular weight excluding hydrogens is 348 g/mol. The van der Waals surface area contributed by atoms with Crippen LogP contribution < -0.4 is 0 Å². The summed E-state index contributed by atoms with van der Waals surface area (Å²) in [6.07, 6.45) is 7.69. The summed E-state index contributed by atoms with van der Waals surface area (Å²) >= 11 is 7.29. The molecule has 0 spiro atoms. The van der Waals surface area contributed by atoms with Crippen molar-refractivity contribution in [1.82, 2.24) is 0 Å². The van der Waals surface area contributed by atoms with Gasteiger partial charge in [-0.15, -0.1) is 0 Å². The zero-order valence-electron chi connectivity index (χ0n) is 10.5. The van der Waals surface area contributed by atoms with Crippen LogP contribution in [0.2, 0.25) is 0 Å². The van der Waals surface area contributed by atoms with Crippen molar-refractivity contribution in [1.29, 1.82) is 0 Å². The maximum Gasteiger partial charge on any atom is 0.0671 e. The first kappa shape index (κ1) is 16.9. The van der Waals surface area contributed by atoms with Crippen molar-refractivity contribution in [2.75, 3.05) is 13.2 Å². The molecule has 16 heavy (non-hydrogen) atoms. The first-order valence-corrected chi connectivity index (χ1v) is 8.60. The normalized spacial score (nSPS) is 11.9. The lowest BCUT2D eigenvalue weighted by molar-refractivity contribution is 0.151. The van der Waals surface area contributed by atoms with Crippen LogP contribution in [0.4, 0.5) is 0 Å². The monoisotopic (exact) mass is 370 g/mol. The molecule has 0 aliphatic carbocycles. The number of hydrogen-bond donors (Lipinski definition) is 0. The lowest BCUT2D eigenvalue weighted by Crippen LogP contribution is -2.09. The third-order valence-corrected chi connectivity index (χ3v) is 3.55. The number of alkyl halides is 2. The number of halogens is 2. The fourth-order valence-electron chi connectivity index (χ4n) is 1.42. The number of unbranched alkanes of at least 4 members (excludes halogenated alkanes) is 4. The molecule has 0 saturated carbocycles. The summed E-state index contributed by atoms with van der Waals surface area (Å²) in [7, 11) is 1.15. The van der Waals surface area contributed by atoms with Crippen LogP contribution in [0, 0.1) is 0 Å². The van der Waals surface area contributed by atoms with Crippen molar-refractivity contribution in [3.8, 4) is 0 Å². The van der Waals surface area contributed by atoms with Gasteiger partial charge in [0.1, 0.15) is 0 Å². The second-order valence-corrected chi connectivity index (χ2v) is 13.8. The average molecular weight is 372 g/mol. The Morgan fingerprint density at radius 3 is 2.31 bits per heavy atom. The van der Waals surface area contributed by atoms with Gasteiger partial charge >= 0.3 is 0 Å². The van der Waals surface area contributed by atoms with Crippen LogP contribution in [0.25, 0.3) is 0 Å². The van der Waals surface area contributed by atoms with E-state index in [0.29, 0.717) is 0 Å². The minimum Gasteiger partial charge on any atom is -0.377 e. The Balaban J connectivity index is 3.07. The van der Waals surface area contributed by atoms with Gasteiger partial charge in [-0.2, -0.15) is 0 Å². The molecule has 0 heterocycles. The Bertz CT molecular complexity index is 190. The first-order chi connectivity index (χ1) is 7.42. The standard InChI is InChI=1S/C12H24Br2OSi/c1-11(2)10-15-9-7-5-3-4-6-8-12(13,14)16/h1,3-10H2,2,16H3. The van der Waals surface area contributed by atoms with Gasteiger partial charge in [0.05, 0.1) is 9.46 Å². The molecular formula is C12H24Br2OSi. The van der Waals surface area contributed by atoms with Crippen LogP contribution in [-0.4, -0.2) is 26.3 Å². The Morgan fingerprint density at radius 1 is 1.19 bits per heavy atom. The molecule has 0 amide bonds. The van der Waals surface area contributed by atoms with E-state index in [2.05, 4.69) is 38.4 Å². The van der Waals surface area contributed by atoms with Gasteiger partial charge in [-0.05, 0) is 19.8 Å². The summed E-state index contributed by atoms with van der Waals surface area (Å²) in [5.41, 5.74) is 1.11. The molecule has 0 fully saturated rings. The molecule has 0 radical (unpaired) electrons. The van der Waals surface area contributed by atoms with E-state index in [1.54, 1.807) is 0 Å². The zero-order chi connectivity index (χ0) is 12.4. The van der Waals surface area contributed by atoms with E-state index in [-0.39, 0.29) is 2.86 Å². The molecule has 0 aliphatic rings. The highest BCUT2D eigenvalue weighted by atomic mass is 79.9. The van der Waals surface area contributed by atoms with Gasteiger partial charge < -0.3 is 4.74 Å². The summed E-state index contributed by atoms with van der Waals surface area (Å²) in [4.78, 5) is 0. The second-order valence-electron chi connectivity index (χ2n) is 4.60. The minimum absolute atomic E-state index is 0.268. The topological polar surface area (TPSA) is 9.23 Å². The van der Waals surface area contributed by atoms with Crippen LogP contribution in [-0.2, 0) is 4.74 Å². The largest absolute Gasteiger partial charge is 0.377 e. The van der Waals surface area contributed by atoms with E-state index >= 15 is 0 Å². The maximum absolute atomic E-state index is 5.45. The van der Waals surface area contributed by atoms with E-state index in [4.69, 9.17) is 4.74 Å². The second kappa shape index (κ2) is 9.86. The molecule has 0 N–H and O–H groups in total. The molecule has 0 aliphatic heterocycles. The Morgan fingerprint density at radius 2 is 1.75 bits per heavy atom. The summed E-state index contributed by atoms with van der Waals surface area (Å²) in [5, 5.41) is 0. The van der Waals surface area contributed by atoms with E-state index in [9.17, 15) is 0 Å². The van der Waals surface area contributed by atoms with Crippen molar-refractivity contribution in [2.24, 2.45) is 0 Å². The van der Waals surface area contributed by atoms with E-state index in [0.717, 1.165) is 29.0 Å². The van der Waals surface area contributed by atoms with Gasteiger partial charge in [-0.3, -0.25) is 0 Å². The molecule has 0 rings (SSSR count). The van der Waals surface area contributed by atoms with Gasteiger partial charge in [0.2, 0.25) is 0 Å². The molecule has 0 aromatic carbocycles. The molecule has 0 aromatic heterocycles. The van der Waals surface area contributed by atoms with Crippen molar-refractivity contribution in [3.05, 3.63) is 12.2 Å². The van der Waals surface area contributed by atoms with Crippen LogP contribution in [0.3, 0.4) is 0 Å². The van der Waals surface area contributed by atoms with Crippen molar-refractivity contribution < 1.29 is 4.74 Å². The third kappa shape index (κ3) is 14.9. The van der Waals surface area contributed by atoms with Gasteiger partial charge in [-0.25, -0.2) is 0 Å². The Labute approximate surface area is 120 Å². The summed E-state index contributed by atoms with van der Waals surface area (Å²) in [6.45, 7) is 7.41. The highest BCUT2D eigenvalue weighted by molar-refractivity contribution is 9.26. The van der Waals surface area contributed by atoms with Gasteiger partial charge in [-0.1, -0.05) is 69.7 Å². The molecule has 0 bridgehead atoms. The quantitative estimate of drug-likeness (QED) is 0.246. The highest BCUT2D eigenvalue weighted by Crippen LogP contribution is 2.28. The first-order valence-electron chi connectivity index (χ1n) is 6.02. The molecule has 0 atom stereocenters. The number of ether oxygens (including phenoxy) is 1. The Hall–Kier alpha value is 0.877. The predicted octanol–water partition coefficient (Wildman–Crippen LogP) is 3.73. The zero-order valence-corrected chi connectivity index (χ0v) is 15.7. The average Bonchev–Trinajstić information content (AvgIpc) is 2.13. The van der Waals surface area contributed by atoms with Crippen LogP contribution in [0.15, 0.2) is 12.2 Å². The summed E-state index contributed by atoms with van der Waals surface area (Å²) < 4.78 is 5.72. The van der Waals surface area contributed by atoms with Crippen LogP contribution in [0.1, 0.15) is 45.4 Å². The molecule has 96 valence electrons. The van der Waals surface area contributed by atoms with Gasteiger partial charge in [0.15, 0.2) is 0 Å².